The van der Waals surface area contributed by atoms with Gasteiger partial charge >= 0.3 is 0 Å². The summed E-state index contributed by atoms with van der Waals surface area (Å²) in [4.78, 5) is 14.6. The number of rotatable bonds is 3. The van der Waals surface area contributed by atoms with Gasteiger partial charge < -0.3 is 25.4 Å². The standard InChI is InChI=1S/C24H26FN3O3/c1-28(2)10-9-16-11-18(15-5-3-4-6-15)21(29)13-19(16)27-24(30)23-14-26-20-12-17(25)7-8-22(20)31-23/h7-8,11-13,15,23,26,29H,3-6,14H2,1-2H3,(H,27,30). The number of halogens is 1. The number of nitrogens with one attached hydrogen (secondary N) is 2. The molecule has 2 aromatic rings. The SMILES string of the molecule is CN(C)C#Cc1cc(C2CCCC2)c(O)cc1NC(=O)C1CNc2cc(F)ccc2O1. The Labute approximate surface area is 181 Å². The quantitative estimate of drug-likeness (QED) is 0.516. The van der Waals surface area contributed by atoms with E-state index in [1.54, 1.807) is 11.0 Å². The number of amides is 1. The van der Waals surface area contributed by atoms with E-state index in [-0.39, 0.29) is 24.0 Å². The summed E-state index contributed by atoms with van der Waals surface area (Å²) in [5, 5.41) is 16.5. The molecule has 0 radical (unpaired) electrons. The maximum Gasteiger partial charge on any atom is 0.267 e. The predicted molar refractivity (Wildman–Crippen MR) is 118 cm³/mol. The van der Waals surface area contributed by atoms with Crippen LogP contribution in [0.4, 0.5) is 15.8 Å². The van der Waals surface area contributed by atoms with Crippen LogP contribution in [0.25, 0.3) is 0 Å². The van der Waals surface area contributed by atoms with E-state index in [9.17, 15) is 14.3 Å². The van der Waals surface area contributed by atoms with E-state index in [4.69, 9.17) is 4.74 Å². The Morgan fingerprint density at radius 2 is 2.03 bits per heavy atom. The predicted octanol–water partition coefficient (Wildman–Crippen LogP) is 3.87. The van der Waals surface area contributed by atoms with Crippen molar-refractivity contribution in [2.24, 2.45) is 0 Å². The average molecular weight is 423 g/mol. The molecule has 2 aliphatic rings. The highest BCUT2D eigenvalue weighted by Crippen LogP contribution is 2.40. The van der Waals surface area contributed by atoms with Crippen molar-refractivity contribution in [1.82, 2.24) is 4.90 Å². The van der Waals surface area contributed by atoms with Crippen LogP contribution in [-0.2, 0) is 4.79 Å². The van der Waals surface area contributed by atoms with Gasteiger partial charge in [0.15, 0.2) is 6.10 Å². The number of phenolic OH excluding ortho intramolecular Hbond substituents is 1. The molecule has 1 heterocycles. The fraction of sp³-hybridized carbons (Fsp3) is 0.375. The second kappa shape index (κ2) is 8.76. The first-order valence-electron chi connectivity index (χ1n) is 10.5. The lowest BCUT2D eigenvalue weighted by atomic mass is 9.94. The fourth-order valence-electron chi connectivity index (χ4n) is 4.05. The summed E-state index contributed by atoms with van der Waals surface area (Å²) >= 11 is 0. The smallest absolute Gasteiger partial charge is 0.267 e. The van der Waals surface area contributed by atoms with Crippen LogP contribution >= 0.6 is 0 Å². The van der Waals surface area contributed by atoms with Gasteiger partial charge in [0.25, 0.3) is 5.91 Å². The highest BCUT2D eigenvalue weighted by molar-refractivity contribution is 5.96. The van der Waals surface area contributed by atoms with Crippen LogP contribution in [0.2, 0.25) is 0 Å². The van der Waals surface area contributed by atoms with E-state index in [0.717, 1.165) is 31.2 Å². The van der Waals surface area contributed by atoms with Gasteiger partial charge in [0, 0.05) is 32.3 Å². The summed E-state index contributed by atoms with van der Waals surface area (Å²) in [6, 6.07) is 10.6. The summed E-state index contributed by atoms with van der Waals surface area (Å²) in [5.74, 6) is 3.24. The average Bonchev–Trinajstić information content (AvgIpc) is 3.27. The van der Waals surface area contributed by atoms with Gasteiger partial charge in [-0.2, -0.15) is 0 Å². The molecule has 4 rings (SSSR count). The summed E-state index contributed by atoms with van der Waals surface area (Å²) in [7, 11) is 3.68. The Morgan fingerprint density at radius 3 is 2.77 bits per heavy atom. The largest absolute Gasteiger partial charge is 0.508 e. The molecule has 1 amide bonds. The van der Waals surface area contributed by atoms with Crippen molar-refractivity contribution < 1.29 is 19.0 Å². The summed E-state index contributed by atoms with van der Waals surface area (Å²) < 4.78 is 19.1. The minimum absolute atomic E-state index is 0.168. The van der Waals surface area contributed by atoms with Crippen molar-refractivity contribution in [3.05, 3.63) is 47.3 Å². The Hall–Kier alpha value is -3.40. The monoisotopic (exact) mass is 423 g/mol. The number of hydrogen-bond donors (Lipinski definition) is 3. The summed E-state index contributed by atoms with van der Waals surface area (Å²) in [6.07, 6.45) is 3.59. The van der Waals surface area contributed by atoms with Crippen LogP contribution in [0.5, 0.6) is 11.5 Å². The van der Waals surface area contributed by atoms with E-state index in [1.165, 1.54) is 18.2 Å². The van der Waals surface area contributed by atoms with Crippen molar-refractivity contribution in [3.63, 3.8) is 0 Å². The normalized spacial score (nSPS) is 17.6. The van der Waals surface area contributed by atoms with Gasteiger partial charge in [-0.3, -0.25) is 4.79 Å². The zero-order chi connectivity index (χ0) is 22.0. The Balaban J connectivity index is 1.58. The van der Waals surface area contributed by atoms with Gasteiger partial charge in [0.1, 0.15) is 17.3 Å². The number of aromatic hydroxyl groups is 1. The second-order valence-corrected chi connectivity index (χ2v) is 8.19. The van der Waals surface area contributed by atoms with Crippen molar-refractivity contribution in [2.45, 2.75) is 37.7 Å². The molecule has 31 heavy (non-hydrogen) atoms. The summed E-state index contributed by atoms with van der Waals surface area (Å²) in [5.41, 5.74) is 2.48. The third-order valence-electron chi connectivity index (χ3n) is 5.62. The van der Waals surface area contributed by atoms with Crippen LogP contribution in [-0.4, -0.2) is 42.7 Å². The highest BCUT2D eigenvalue weighted by atomic mass is 19.1. The van der Waals surface area contributed by atoms with Crippen LogP contribution < -0.4 is 15.4 Å². The minimum Gasteiger partial charge on any atom is -0.508 e. The maximum atomic E-state index is 13.4. The second-order valence-electron chi connectivity index (χ2n) is 8.19. The van der Waals surface area contributed by atoms with E-state index < -0.39 is 6.10 Å². The third-order valence-corrected chi connectivity index (χ3v) is 5.62. The molecule has 3 N–H and O–H groups in total. The number of anilines is 2. The first-order chi connectivity index (χ1) is 14.9. The molecule has 2 aromatic carbocycles. The Morgan fingerprint density at radius 1 is 1.26 bits per heavy atom. The Bertz CT molecular complexity index is 1050. The molecule has 1 saturated carbocycles. The minimum atomic E-state index is -0.802. The van der Waals surface area contributed by atoms with E-state index in [2.05, 4.69) is 22.6 Å². The zero-order valence-electron chi connectivity index (χ0n) is 17.7. The molecule has 6 nitrogen and oxygen atoms in total. The molecule has 1 aliphatic carbocycles. The van der Waals surface area contributed by atoms with E-state index in [0.29, 0.717) is 28.6 Å². The van der Waals surface area contributed by atoms with Crippen molar-refractivity contribution in [2.75, 3.05) is 31.3 Å². The number of fused-ring (bicyclic) bond motifs is 1. The molecule has 0 saturated heterocycles. The van der Waals surface area contributed by atoms with Gasteiger partial charge in [-0.05, 0) is 48.4 Å². The van der Waals surface area contributed by atoms with Gasteiger partial charge in [-0.1, -0.05) is 12.8 Å². The third kappa shape index (κ3) is 4.69. The number of benzene rings is 2. The van der Waals surface area contributed by atoms with E-state index >= 15 is 0 Å². The fourth-order valence-corrected chi connectivity index (χ4v) is 4.05. The van der Waals surface area contributed by atoms with Crippen LogP contribution in [0.15, 0.2) is 30.3 Å². The van der Waals surface area contributed by atoms with E-state index in [1.807, 2.05) is 20.2 Å². The number of hydrogen-bond acceptors (Lipinski definition) is 5. The molecule has 0 bridgehead atoms. The molecular formula is C24H26FN3O3. The topological polar surface area (TPSA) is 73.8 Å². The molecule has 1 aliphatic heterocycles. The highest BCUT2D eigenvalue weighted by Gasteiger charge is 2.28. The first-order valence-corrected chi connectivity index (χ1v) is 10.5. The van der Waals surface area contributed by atoms with Crippen LogP contribution in [0, 0.1) is 17.8 Å². The number of carbonyl (C=O) groups excluding carboxylic acids is 1. The lowest BCUT2D eigenvalue weighted by molar-refractivity contribution is -0.122. The van der Waals surface area contributed by atoms with Crippen LogP contribution in [0.1, 0.15) is 42.7 Å². The number of nitrogens with zero attached hydrogens (tertiary/aromatic N) is 1. The van der Waals surface area contributed by atoms with Gasteiger partial charge in [0.05, 0.1) is 23.5 Å². The van der Waals surface area contributed by atoms with Gasteiger partial charge in [-0.25, -0.2) is 4.39 Å². The molecule has 0 aromatic heterocycles. The molecule has 1 unspecified atom stereocenters. The molecular weight excluding hydrogens is 397 g/mol. The lowest BCUT2D eigenvalue weighted by Crippen LogP contribution is -2.41. The van der Waals surface area contributed by atoms with Crippen molar-refractivity contribution >= 4 is 17.3 Å². The number of phenols is 1. The Kier molecular flexibility index (Phi) is 5.90. The molecule has 0 spiro atoms. The van der Waals surface area contributed by atoms with Gasteiger partial charge in [0.2, 0.25) is 0 Å². The molecule has 1 fully saturated rings. The molecule has 1 atom stereocenters. The molecule has 162 valence electrons. The van der Waals surface area contributed by atoms with Gasteiger partial charge in [-0.15, -0.1) is 0 Å². The van der Waals surface area contributed by atoms with Crippen molar-refractivity contribution in [3.8, 4) is 23.5 Å². The first kappa shape index (κ1) is 20.9. The molecule has 7 heteroatoms. The maximum absolute atomic E-state index is 13.4. The number of carbonyl (C=O) groups is 1. The summed E-state index contributed by atoms with van der Waals surface area (Å²) in [6.45, 7) is 0.202. The zero-order valence-corrected chi connectivity index (χ0v) is 17.7. The van der Waals surface area contributed by atoms with Crippen LogP contribution in [0.3, 0.4) is 0 Å². The number of ether oxygens (including phenoxy) is 1. The lowest BCUT2D eigenvalue weighted by Gasteiger charge is -2.26. The van der Waals surface area contributed by atoms with Crippen molar-refractivity contribution in [1.29, 1.82) is 0 Å².